The molecule has 2 aliphatic rings. The van der Waals surface area contributed by atoms with Crippen LogP contribution in [-0.4, -0.2) is 30.7 Å². The maximum atomic E-state index is 11.6. The average molecular weight is 233 g/mol. The van der Waals surface area contributed by atoms with Crippen LogP contribution < -0.4 is 0 Å². The number of unbranched alkanes of at least 4 members (excludes halogenated alkanes) is 1. The first-order valence-corrected chi connectivity index (χ1v) is 6.23. The third kappa shape index (κ3) is 3.08. The lowest BCUT2D eigenvalue weighted by atomic mass is 9.89. The third-order valence-corrected chi connectivity index (χ3v) is 3.38. The number of hydrogen-bond acceptors (Lipinski definition) is 3. The zero-order chi connectivity index (χ0) is 10.7. The van der Waals surface area contributed by atoms with E-state index < -0.39 is 0 Å². The van der Waals surface area contributed by atoms with E-state index in [1.165, 1.54) is 0 Å². The van der Waals surface area contributed by atoms with Crippen molar-refractivity contribution in [3.05, 3.63) is 0 Å². The Hall–Kier alpha value is -0.280. The molecule has 2 fully saturated rings. The summed E-state index contributed by atoms with van der Waals surface area (Å²) in [4.78, 5) is 11.6. The zero-order valence-corrected chi connectivity index (χ0v) is 9.54. The second kappa shape index (κ2) is 5.17. The lowest BCUT2D eigenvalue weighted by molar-refractivity contribution is -0.149. The monoisotopic (exact) mass is 232 g/mol. The number of epoxide rings is 1. The predicted octanol–water partition coefficient (Wildman–Crippen LogP) is 2.12. The zero-order valence-electron chi connectivity index (χ0n) is 8.78. The van der Waals surface area contributed by atoms with Gasteiger partial charge in [0, 0.05) is 5.88 Å². The Bertz CT molecular complexity index is 232. The Labute approximate surface area is 95.1 Å². The molecule has 86 valence electrons. The van der Waals surface area contributed by atoms with Crippen molar-refractivity contribution in [3.8, 4) is 0 Å². The van der Waals surface area contributed by atoms with Crippen LogP contribution in [0.1, 0.15) is 32.1 Å². The number of hydrogen-bond donors (Lipinski definition) is 0. The quantitative estimate of drug-likeness (QED) is 0.315. The molecule has 3 nitrogen and oxygen atoms in total. The lowest BCUT2D eigenvalue weighted by Crippen LogP contribution is -2.24. The van der Waals surface area contributed by atoms with Crippen LogP contribution in [0.15, 0.2) is 0 Å². The van der Waals surface area contributed by atoms with E-state index in [1.807, 2.05) is 0 Å². The fourth-order valence-electron chi connectivity index (χ4n) is 2.11. The van der Waals surface area contributed by atoms with Gasteiger partial charge in [-0.25, -0.2) is 0 Å². The van der Waals surface area contributed by atoms with Crippen LogP contribution in [0.2, 0.25) is 0 Å². The Morgan fingerprint density at radius 1 is 1.33 bits per heavy atom. The topological polar surface area (TPSA) is 38.8 Å². The maximum absolute atomic E-state index is 11.6. The molecule has 15 heavy (non-hydrogen) atoms. The Morgan fingerprint density at radius 2 is 2.20 bits per heavy atom. The van der Waals surface area contributed by atoms with Gasteiger partial charge >= 0.3 is 5.97 Å². The Balaban J connectivity index is 1.62. The number of esters is 1. The fourth-order valence-corrected chi connectivity index (χ4v) is 2.29. The number of alkyl halides is 1. The van der Waals surface area contributed by atoms with Crippen molar-refractivity contribution in [3.63, 3.8) is 0 Å². The summed E-state index contributed by atoms with van der Waals surface area (Å²) in [5.41, 5.74) is 0. The summed E-state index contributed by atoms with van der Waals surface area (Å²) in [6.45, 7) is 0.511. The molecule has 0 radical (unpaired) electrons. The highest BCUT2D eigenvalue weighted by Gasteiger charge is 2.46. The number of carbonyl (C=O) groups excluding carboxylic acids is 1. The van der Waals surface area contributed by atoms with Crippen molar-refractivity contribution in [2.45, 2.75) is 44.3 Å². The van der Waals surface area contributed by atoms with E-state index in [0.29, 0.717) is 24.7 Å². The van der Waals surface area contributed by atoms with Crippen molar-refractivity contribution >= 4 is 17.6 Å². The second-order valence-corrected chi connectivity index (χ2v) is 4.66. The number of ether oxygens (including phenoxy) is 2. The normalized spacial score (nSPS) is 33.3. The minimum atomic E-state index is -0.0430. The van der Waals surface area contributed by atoms with Crippen LogP contribution in [-0.2, 0) is 14.3 Å². The minimum Gasteiger partial charge on any atom is -0.465 e. The van der Waals surface area contributed by atoms with Crippen molar-refractivity contribution in [1.29, 1.82) is 0 Å². The molecule has 2 rings (SSSR count). The third-order valence-electron chi connectivity index (χ3n) is 3.11. The van der Waals surface area contributed by atoms with E-state index in [-0.39, 0.29) is 11.9 Å². The molecule has 1 aliphatic carbocycles. The van der Waals surface area contributed by atoms with Gasteiger partial charge in [-0.1, -0.05) is 0 Å². The van der Waals surface area contributed by atoms with Gasteiger partial charge in [0.15, 0.2) is 0 Å². The van der Waals surface area contributed by atoms with Crippen LogP contribution in [0, 0.1) is 5.92 Å². The van der Waals surface area contributed by atoms with Crippen LogP contribution in [0.5, 0.6) is 0 Å². The van der Waals surface area contributed by atoms with Crippen molar-refractivity contribution in [1.82, 2.24) is 0 Å². The van der Waals surface area contributed by atoms with E-state index in [1.54, 1.807) is 0 Å². The van der Waals surface area contributed by atoms with Gasteiger partial charge in [0.05, 0.1) is 24.7 Å². The van der Waals surface area contributed by atoms with Gasteiger partial charge in [-0.05, 0) is 32.1 Å². The summed E-state index contributed by atoms with van der Waals surface area (Å²) in [5, 5.41) is 0. The standard InChI is InChI=1S/C11H17ClO3/c12-5-1-2-6-14-11(13)8-3-4-9-10(7-8)15-9/h8-10H,1-7H2/t8-,9+,10+/m1/s1. The fraction of sp³-hybridized carbons (Fsp3) is 0.909. The largest absolute Gasteiger partial charge is 0.465 e. The summed E-state index contributed by atoms with van der Waals surface area (Å²) >= 11 is 5.53. The summed E-state index contributed by atoms with van der Waals surface area (Å²) in [6, 6.07) is 0. The highest BCUT2D eigenvalue weighted by molar-refractivity contribution is 6.17. The van der Waals surface area contributed by atoms with E-state index in [2.05, 4.69) is 0 Å². The van der Waals surface area contributed by atoms with E-state index in [9.17, 15) is 4.79 Å². The molecular formula is C11H17ClO3. The van der Waals surface area contributed by atoms with Gasteiger partial charge in [0.2, 0.25) is 0 Å². The van der Waals surface area contributed by atoms with E-state index in [4.69, 9.17) is 21.1 Å². The van der Waals surface area contributed by atoms with Crippen LogP contribution in [0.25, 0.3) is 0 Å². The predicted molar refractivity (Wildman–Crippen MR) is 56.9 cm³/mol. The molecule has 0 spiro atoms. The minimum absolute atomic E-state index is 0.0430. The highest BCUT2D eigenvalue weighted by Crippen LogP contribution is 2.39. The van der Waals surface area contributed by atoms with Gasteiger partial charge in [0.25, 0.3) is 0 Å². The van der Waals surface area contributed by atoms with Crippen LogP contribution >= 0.6 is 11.6 Å². The first-order chi connectivity index (χ1) is 7.31. The second-order valence-electron chi connectivity index (χ2n) is 4.29. The molecule has 1 saturated carbocycles. The average Bonchev–Trinajstić information content (AvgIpc) is 3.01. The molecule has 1 aliphatic heterocycles. The van der Waals surface area contributed by atoms with Crippen LogP contribution in [0.4, 0.5) is 0 Å². The molecular weight excluding hydrogens is 216 g/mol. The number of rotatable bonds is 5. The summed E-state index contributed by atoms with van der Waals surface area (Å²) < 4.78 is 10.6. The summed E-state index contributed by atoms with van der Waals surface area (Å²) in [7, 11) is 0. The van der Waals surface area contributed by atoms with Crippen LogP contribution in [0.3, 0.4) is 0 Å². The molecule has 0 aromatic rings. The molecule has 0 amide bonds. The SMILES string of the molecule is O=C(OCCCCCl)[C@@H]1CC[C@@H]2O[C@H]2C1. The molecule has 0 N–H and O–H groups in total. The number of fused-ring (bicyclic) bond motifs is 1. The smallest absolute Gasteiger partial charge is 0.309 e. The highest BCUT2D eigenvalue weighted by atomic mass is 35.5. The summed E-state index contributed by atoms with van der Waals surface area (Å²) in [5.74, 6) is 0.668. The lowest BCUT2D eigenvalue weighted by Gasteiger charge is -2.17. The molecule has 0 aromatic carbocycles. The van der Waals surface area contributed by atoms with Crippen molar-refractivity contribution in [2.24, 2.45) is 5.92 Å². The number of carbonyl (C=O) groups is 1. The molecule has 0 bridgehead atoms. The molecule has 3 atom stereocenters. The molecule has 0 unspecified atom stereocenters. The first kappa shape index (κ1) is 11.2. The van der Waals surface area contributed by atoms with Gasteiger partial charge in [-0.2, -0.15) is 0 Å². The summed E-state index contributed by atoms with van der Waals surface area (Å²) in [6.07, 6.45) is 5.38. The Kier molecular flexibility index (Phi) is 3.87. The van der Waals surface area contributed by atoms with E-state index >= 15 is 0 Å². The molecule has 0 aromatic heterocycles. The van der Waals surface area contributed by atoms with Gasteiger partial charge in [-0.3, -0.25) is 4.79 Å². The van der Waals surface area contributed by atoms with Crippen molar-refractivity contribution in [2.75, 3.05) is 12.5 Å². The molecule has 4 heteroatoms. The number of halogens is 1. The molecule has 1 saturated heterocycles. The molecule has 1 heterocycles. The van der Waals surface area contributed by atoms with Gasteiger partial charge < -0.3 is 9.47 Å². The maximum Gasteiger partial charge on any atom is 0.309 e. The van der Waals surface area contributed by atoms with E-state index in [0.717, 1.165) is 32.1 Å². The Morgan fingerprint density at radius 3 is 2.93 bits per heavy atom. The van der Waals surface area contributed by atoms with Gasteiger partial charge in [0.1, 0.15) is 0 Å². The van der Waals surface area contributed by atoms with Gasteiger partial charge in [-0.15, -0.1) is 11.6 Å². The van der Waals surface area contributed by atoms with Crippen molar-refractivity contribution < 1.29 is 14.3 Å². The first-order valence-electron chi connectivity index (χ1n) is 5.69.